The van der Waals surface area contributed by atoms with Gasteiger partial charge in [-0.3, -0.25) is 4.79 Å². The van der Waals surface area contributed by atoms with Crippen LogP contribution in [0.25, 0.3) is 11.1 Å². The van der Waals surface area contributed by atoms with Crippen LogP contribution in [0.4, 0.5) is 5.69 Å². The minimum atomic E-state index is -0.101. The number of nitrogens with one attached hydrogen (secondary N) is 1. The van der Waals surface area contributed by atoms with Gasteiger partial charge in [-0.1, -0.05) is 78.9 Å². The molecule has 0 saturated carbocycles. The molecule has 0 spiro atoms. The highest BCUT2D eigenvalue weighted by Crippen LogP contribution is 2.28. The monoisotopic (exact) mass is 395 g/mol. The van der Waals surface area contributed by atoms with Crippen molar-refractivity contribution >= 4 is 23.4 Å². The largest absolute Gasteiger partial charge is 0.321 e. The number of anilines is 1. The summed E-state index contributed by atoms with van der Waals surface area (Å²) in [4.78, 5) is 14.0. The second-order valence-electron chi connectivity index (χ2n) is 6.66. The lowest BCUT2D eigenvalue weighted by molar-refractivity contribution is 0.102. The highest BCUT2D eigenvalue weighted by atomic mass is 32.2. The van der Waals surface area contributed by atoms with E-state index in [1.54, 1.807) is 11.8 Å². The number of amides is 1. The molecule has 0 saturated heterocycles. The average molecular weight is 396 g/mol. The molecule has 2 nitrogen and oxygen atoms in total. The quantitative estimate of drug-likeness (QED) is 0.360. The fraction of sp³-hybridized carbons (Fsp3) is 0.0385. The van der Waals surface area contributed by atoms with E-state index in [4.69, 9.17) is 0 Å². The topological polar surface area (TPSA) is 29.1 Å². The molecule has 0 unspecified atom stereocenters. The molecule has 29 heavy (non-hydrogen) atoms. The highest BCUT2D eigenvalue weighted by Gasteiger charge is 2.10. The summed E-state index contributed by atoms with van der Waals surface area (Å²) < 4.78 is 0. The van der Waals surface area contributed by atoms with Gasteiger partial charge in [-0.2, -0.15) is 0 Å². The van der Waals surface area contributed by atoms with E-state index in [0.717, 1.165) is 22.6 Å². The van der Waals surface area contributed by atoms with E-state index >= 15 is 0 Å². The number of hydrogen-bond acceptors (Lipinski definition) is 2. The molecule has 1 N–H and O–H groups in total. The number of carbonyl (C=O) groups excluding carboxylic acids is 1. The van der Waals surface area contributed by atoms with E-state index in [2.05, 4.69) is 17.4 Å². The van der Waals surface area contributed by atoms with Gasteiger partial charge in [0.2, 0.25) is 0 Å². The third kappa shape index (κ3) is 4.95. The van der Waals surface area contributed by atoms with Gasteiger partial charge in [-0.05, 0) is 41.5 Å². The Morgan fingerprint density at radius 3 is 2.03 bits per heavy atom. The van der Waals surface area contributed by atoms with Crippen molar-refractivity contribution in [2.24, 2.45) is 0 Å². The van der Waals surface area contributed by atoms with Crippen LogP contribution < -0.4 is 5.32 Å². The van der Waals surface area contributed by atoms with Crippen LogP contribution in [0.15, 0.2) is 114 Å². The first-order valence-electron chi connectivity index (χ1n) is 9.52. The molecule has 0 fully saturated rings. The summed E-state index contributed by atoms with van der Waals surface area (Å²) in [7, 11) is 0. The average Bonchev–Trinajstić information content (AvgIpc) is 2.80. The molecule has 3 heteroatoms. The SMILES string of the molecule is O=C(Nc1ccccc1-c1ccccc1)c1ccc(CSc2ccccc2)cc1. The van der Waals surface area contributed by atoms with Crippen molar-refractivity contribution < 1.29 is 4.79 Å². The molecule has 0 aliphatic heterocycles. The Bertz CT molecular complexity index is 1080. The number of para-hydroxylation sites is 1. The second-order valence-corrected chi connectivity index (χ2v) is 7.71. The zero-order valence-corrected chi connectivity index (χ0v) is 16.7. The summed E-state index contributed by atoms with van der Waals surface area (Å²) in [6.45, 7) is 0. The Morgan fingerprint density at radius 2 is 1.31 bits per heavy atom. The Morgan fingerprint density at radius 1 is 0.690 bits per heavy atom. The van der Waals surface area contributed by atoms with E-state index in [1.165, 1.54) is 10.5 Å². The summed E-state index contributed by atoms with van der Waals surface area (Å²) in [5, 5.41) is 3.06. The number of carbonyl (C=O) groups is 1. The van der Waals surface area contributed by atoms with Crippen LogP contribution in [-0.2, 0) is 5.75 Å². The fourth-order valence-corrected chi connectivity index (χ4v) is 3.97. The molecule has 4 aromatic carbocycles. The zero-order chi connectivity index (χ0) is 19.9. The van der Waals surface area contributed by atoms with E-state index in [1.807, 2.05) is 97.1 Å². The molecule has 142 valence electrons. The number of rotatable bonds is 6. The van der Waals surface area contributed by atoms with Crippen LogP contribution in [0.3, 0.4) is 0 Å². The van der Waals surface area contributed by atoms with Gasteiger partial charge in [0.1, 0.15) is 0 Å². The molecule has 0 aliphatic carbocycles. The van der Waals surface area contributed by atoms with Crippen LogP contribution in [-0.4, -0.2) is 5.91 Å². The normalized spacial score (nSPS) is 10.5. The van der Waals surface area contributed by atoms with Gasteiger partial charge in [0.15, 0.2) is 0 Å². The maximum atomic E-state index is 12.8. The summed E-state index contributed by atoms with van der Waals surface area (Å²) >= 11 is 1.79. The molecular formula is C26H21NOS. The van der Waals surface area contributed by atoms with Crippen LogP contribution in [0, 0.1) is 0 Å². The van der Waals surface area contributed by atoms with Crippen LogP contribution in [0.5, 0.6) is 0 Å². The van der Waals surface area contributed by atoms with Gasteiger partial charge in [0, 0.05) is 27.5 Å². The van der Waals surface area contributed by atoms with Crippen molar-refractivity contribution in [2.45, 2.75) is 10.6 Å². The van der Waals surface area contributed by atoms with Crippen molar-refractivity contribution in [1.29, 1.82) is 0 Å². The van der Waals surface area contributed by atoms with E-state index in [0.29, 0.717) is 5.56 Å². The summed E-state index contributed by atoms with van der Waals surface area (Å²) in [6, 6.07) is 36.1. The van der Waals surface area contributed by atoms with Crippen LogP contribution in [0.1, 0.15) is 15.9 Å². The van der Waals surface area contributed by atoms with E-state index in [9.17, 15) is 4.79 Å². The standard InChI is InChI=1S/C26H21NOS/c28-26(27-25-14-8-7-13-24(25)21-9-3-1-4-10-21)22-17-15-20(16-18-22)19-29-23-11-5-2-6-12-23/h1-18H,19H2,(H,27,28). The van der Waals surface area contributed by atoms with Gasteiger partial charge in [0.05, 0.1) is 0 Å². The maximum absolute atomic E-state index is 12.8. The molecule has 0 bridgehead atoms. The summed E-state index contributed by atoms with van der Waals surface area (Å²) in [5.74, 6) is 0.776. The van der Waals surface area contributed by atoms with E-state index in [-0.39, 0.29) is 5.91 Å². The first-order valence-corrected chi connectivity index (χ1v) is 10.5. The second kappa shape index (κ2) is 9.26. The third-order valence-electron chi connectivity index (χ3n) is 4.62. The van der Waals surface area contributed by atoms with Crippen molar-refractivity contribution in [3.05, 3.63) is 120 Å². The van der Waals surface area contributed by atoms with Gasteiger partial charge in [-0.15, -0.1) is 11.8 Å². The van der Waals surface area contributed by atoms with Crippen molar-refractivity contribution in [2.75, 3.05) is 5.32 Å². The zero-order valence-electron chi connectivity index (χ0n) is 15.9. The minimum absolute atomic E-state index is 0.101. The lowest BCUT2D eigenvalue weighted by Crippen LogP contribution is -2.12. The summed E-state index contributed by atoms with van der Waals surface area (Å²) in [6.07, 6.45) is 0. The number of hydrogen-bond donors (Lipinski definition) is 1. The molecule has 4 aromatic rings. The molecular weight excluding hydrogens is 374 g/mol. The van der Waals surface area contributed by atoms with Crippen LogP contribution >= 0.6 is 11.8 Å². The van der Waals surface area contributed by atoms with Crippen LogP contribution in [0.2, 0.25) is 0 Å². The molecule has 0 atom stereocenters. The molecule has 0 aromatic heterocycles. The number of thioether (sulfide) groups is 1. The van der Waals surface area contributed by atoms with Crippen molar-refractivity contribution in [3.63, 3.8) is 0 Å². The third-order valence-corrected chi connectivity index (χ3v) is 5.71. The van der Waals surface area contributed by atoms with Crippen molar-refractivity contribution in [3.8, 4) is 11.1 Å². The molecule has 4 rings (SSSR count). The lowest BCUT2D eigenvalue weighted by Gasteiger charge is -2.11. The van der Waals surface area contributed by atoms with Gasteiger partial charge >= 0.3 is 0 Å². The number of benzene rings is 4. The highest BCUT2D eigenvalue weighted by molar-refractivity contribution is 7.98. The smallest absolute Gasteiger partial charge is 0.255 e. The summed E-state index contributed by atoms with van der Waals surface area (Å²) in [5.41, 5.74) is 4.75. The maximum Gasteiger partial charge on any atom is 0.255 e. The first kappa shape index (κ1) is 19.0. The molecule has 0 aliphatic rings. The predicted molar refractivity (Wildman–Crippen MR) is 122 cm³/mol. The Balaban J connectivity index is 1.44. The van der Waals surface area contributed by atoms with Gasteiger partial charge in [0.25, 0.3) is 5.91 Å². The predicted octanol–water partition coefficient (Wildman–Crippen LogP) is 6.90. The van der Waals surface area contributed by atoms with Gasteiger partial charge in [-0.25, -0.2) is 0 Å². The van der Waals surface area contributed by atoms with E-state index < -0.39 is 0 Å². The minimum Gasteiger partial charge on any atom is -0.321 e. The molecule has 1 amide bonds. The van der Waals surface area contributed by atoms with Crippen molar-refractivity contribution in [1.82, 2.24) is 0 Å². The fourth-order valence-electron chi connectivity index (χ4n) is 3.09. The Hall–Kier alpha value is -3.30. The van der Waals surface area contributed by atoms with Gasteiger partial charge < -0.3 is 5.32 Å². The lowest BCUT2D eigenvalue weighted by atomic mass is 10.0. The Kier molecular flexibility index (Phi) is 6.08. The first-order chi connectivity index (χ1) is 14.3. The Labute approximate surface area is 175 Å². The molecule has 0 radical (unpaired) electrons. The molecule has 0 heterocycles.